The quantitative estimate of drug-likeness (QED) is 0.869. The Bertz CT molecular complexity index is 683. The van der Waals surface area contributed by atoms with Crippen molar-refractivity contribution in [3.8, 4) is 0 Å². The van der Waals surface area contributed by atoms with Crippen molar-refractivity contribution >= 4 is 12.0 Å². The summed E-state index contributed by atoms with van der Waals surface area (Å²) in [5.74, 6) is -0.287. The zero-order valence-electron chi connectivity index (χ0n) is 13.6. The summed E-state index contributed by atoms with van der Waals surface area (Å²) in [6.07, 6.45) is 5.18. The summed E-state index contributed by atoms with van der Waals surface area (Å²) < 4.78 is 18.7. The van der Waals surface area contributed by atoms with Crippen molar-refractivity contribution in [2.75, 3.05) is 4.90 Å². The molecule has 0 unspecified atom stereocenters. The summed E-state index contributed by atoms with van der Waals surface area (Å²) in [5.41, 5.74) is 0.713. The molecule has 0 aliphatic rings. The Morgan fingerprint density at radius 2 is 1.87 bits per heavy atom. The molecule has 1 amide bonds. The van der Waals surface area contributed by atoms with Crippen molar-refractivity contribution in [3.05, 3.63) is 47.8 Å². The predicted octanol–water partition coefficient (Wildman–Crippen LogP) is 3.26. The monoisotopic (exact) mass is 318 g/mol. The van der Waals surface area contributed by atoms with Crippen LogP contribution in [0, 0.1) is 12.7 Å². The summed E-state index contributed by atoms with van der Waals surface area (Å²) >= 11 is 0. The first-order chi connectivity index (χ1) is 10.7. The number of aromatic nitrogens is 3. The summed E-state index contributed by atoms with van der Waals surface area (Å²) in [5, 5.41) is 0. The molecule has 6 nitrogen and oxygen atoms in total. The Hall–Kier alpha value is -2.57. The molecule has 2 rings (SSSR count). The van der Waals surface area contributed by atoms with Crippen molar-refractivity contribution in [2.45, 2.75) is 39.8 Å². The standard InChI is InChI=1S/C16H19FN4O2/c1-11-6-19-14(20-7-11)21(15(22)23-16(2,3)4)10-12-5-13(17)9-18-8-12/h5-9H,10H2,1-4H3. The maximum absolute atomic E-state index is 13.3. The topological polar surface area (TPSA) is 68.2 Å². The maximum Gasteiger partial charge on any atom is 0.417 e. The van der Waals surface area contributed by atoms with Crippen molar-refractivity contribution in [1.82, 2.24) is 15.0 Å². The maximum atomic E-state index is 13.3. The van der Waals surface area contributed by atoms with E-state index in [0.717, 1.165) is 11.8 Å². The normalized spacial score (nSPS) is 11.2. The molecule has 0 atom stereocenters. The molecule has 2 aromatic rings. The Balaban J connectivity index is 2.30. The SMILES string of the molecule is Cc1cnc(N(Cc2cncc(F)c2)C(=O)OC(C)(C)C)nc1. The number of hydrogen-bond acceptors (Lipinski definition) is 5. The van der Waals surface area contributed by atoms with Gasteiger partial charge in [-0.1, -0.05) is 0 Å². The molecule has 0 saturated heterocycles. The van der Waals surface area contributed by atoms with Crippen molar-refractivity contribution in [1.29, 1.82) is 0 Å². The van der Waals surface area contributed by atoms with Crippen LogP contribution in [0.15, 0.2) is 30.9 Å². The van der Waals surface area contributed by atoms with Gasteiger partial charge in [0.05, 0.1) is 12.7 Å². The second kappa shape index (κ2) is 6.68. The van der Waals surface area contributed by atoms with Crippen LogP contribution in [0.2, 0.25) is 0 Å². The van der Waals surface area contributed by atoms with Gasteiger partial charge in [-0.25, -0.2) is 24.1 Å². The summed E-state index contributed by atoms with van der Waals surface area (Å²) in [6.45, 7) is 7.20. The van der Waals surface area contributed by atoms with Gasteiger partial charge < -0.3 is 4.74 Å². The number of aryl methyl sites for hydroxylation is 1. The average Bonchev–Trinajstić information content (AvgIpc) is 2.44. The summed E-state index contributed by atoms with van der Waals surface area (Å²) in [6, 6.07) is 1.30. The van der Waals surface area contributed by atoms with Crippen LogP contribution in [0.3, 0.4) is 0 Å². The zero-order valence-corrected chi connectivity index (χ0v) is 13.6. The van der Waals surface area contributed by atoms with Crippen LogP contribution < -0.4 is 4.90 Å². The third kappa shape index (κ3) is 4.98. The zero-order chi connectivity index (χ0) is 17.0. The van der Waals surface area contributed by atoms with E-state index in [-0.39, 0.29) is 12.5 Å². The molecule has 2 aromatic heterocycles. The molecular formula is C16H19FN4O2. The molecule has 0 aliphatic heterocycles. The van der Waals surface area contributed by atoms with Gasteiger partial charge in [0.15, 0.2) is 0 Å². The van der Waals surface area contributed by atoms with E-state index < -0.39 is 17.5 Å². The van der Waals surface area contributed by atoms with Crippen LogP contribution in [0.25, 0.3) is 0 Å². The molecule has 0 spiro atoms. The lowest BCUT2D eigenvalue weighted by molar-refractivity contribution is 0.0575. The van der Waals surface area contributed by atoms with E-state index in [1.165, 1.54) is 17.2 Å². The van der Waals surface area contributed by atoms with Crippen LogP contribution in [0.5, 0.6) is 0 Å². The first-order valence-corrected chi connectivity index (χ1v) is 7.13. The molecule has 0 aromatic carbocycles. The van der Waals surface area contributed by atoms with Gasteiger partial charge in [0.1, 0.15) is 11.4 Å². The minimum Gasteiger partial charge on any atom is -0.443 e. The highest BCUT2D eigenvalue weighted by atomic mass is 19.1. The van der Waals surface area contributed by atoms with Gasteiger partial charge in [-0.15, -0.1) is 0 Å². The molecule has 122 valence electrons. The van der Waals surface area contributed by atoms with Gasteiger partial charge in [0.2, 0.25) is 5.95 Å². The first kappa shape index (κ1) is 16.8. The molecule has 0 radical (unpaired) electrons. The first-order valence-electron chi connectivity index (χ1n) is 7.13. The van der Waals surface area contributed by atoms with Gasteiger partial charge in [0, 0.05) is 18.6 Å². The second-order valence-electron chi connectivity index (χ2n) is 6.14. The molecule has 7 heteroatoms. The second-order valence-corrected chi connectivity index (χ2v) is 6.14. The predicted molar refractivity (Wildman–Crippen MR) is 83.4 cm³/mol. The molecular weight excluding hydrogens is 299 g/mol. The van der Waals surface area contributed by atoms with E-state index in [4.69, 9.17) is 4.74 Å². The summed E-state index contributed by atoms with van der Waals surface area (Å²) in [4.78, 5) is 25.8. The molecule has 2 heterocycles. The lowest BCUT2D eigenvalue weighted by atomic mass is 10.2. The smallest absolute Gasteiger partial charge is 0.417 e. The fourth-order valence-corrected chi connectivity index (χ4v) is 1.78. The van der Waals surface area contributed by atoms with Gasteiger partial charge >= 0.3 is 6.09 Å². The van der Waals surface area contributed by atoms with E-state index in [0.29, 0.717) is 5.56 Å². The van der Waals surface area contributed by atoms with Crippen molar-refractivity contribution < 1.29 is 13.9 Å². The molecule has 0 bridgehead atoms. The van der Waals surface area contributed by atoms with E-state index >= 15 is 0 Å². The Morgan fingerprint density at radius 1 is 1.22 bits per heavy atom. The van der Waals surface area contributed by atoms with Crippen LogP contribution in [0.4, 0.5) is 15.1 Å². The van der Waals surface area contributed by atoms with Crippen LogP contribution >= 0.6 is 0 Å². The number of nitrogens with zero attached hydrogens (tertiary/aromatic N) is 4. The van der Waals surface area contributed by atoms with Crippen molar-refractivity contribution in [2.24, 2.45) is 0 Å². The minimum absolute atomic E-state index is 0.0583. The highest BCUT2D eigenvalue weighted by Gasteiger charge is 2.25. The van der Waals surface area contributed by atoms with Gasteiger partial charge in [0.25, 0.3) is 0 Å². The number of carbonyl (C=O) groups is 1. The number of halogens is 1. The molecule has 0 saturated carbocycles. The number of anilines is 1. The van der Waals surface area contributed by atoms with E-state index in [1.807, 2.05) is 6.92 Å². The number of hydrogen-bond donors (Lipinski definition) is 0. The molecule has 0 aliphatic carbocycles. The Labute approximate surface area is 134 Å². The number of ether oxygens (including phenoxy) is 1. The van der Waals surface area contributed by atoms with Crippen molar-refractivity contribution in [3.63, 3.8) is 0 Å². The van der Waals surface area contributed by atoms with Gasteiger partial charge in [-0.2, -0.15) is 0 Å². The minimum atomic E-state index is -0.666. The third-order valence-corrected chi connectivity index (χ3v) is 2.72. The number of pyridine rings is 1. The van der Waals surface area contributed by atoms with Crippen LogP contribution in [-0.4, -0.2) is 26.6 Å². The van der Waals surface area contributed by atoms with Gasteiger partial charge in [-0.05, 0) is 44.9 Å². The number of carbonyl (C=O) groups excluding carboxylic acids is 1. The van der Waals surface area contributed by atoms with Gasteiger partial charge in [-0.3, -0.25) is 4.98 Å². The molecule has 23 heavy (non-hydrogen) atoms. The Morgan fingerprint density at radius 3 is 2.43 bits per heavy atom. The highest BCUT2D eigenvalue weighted by molar-refractivity contribution is 5.85. The molecule has 0 N–H and O–H groups in total. The Kier molecular flexibility index (Phi) is 4.88. The average molecular weight is 318 g/mol. The molecule has 0 fully saturated rings. The third-order valence-electron chi connectivity index (χ3n) is 2.72. The fourth-order valence-electron chi connectivity index (χ4n) is 1.78. The van der Waals surface area contributed by atoms with E-state index in [9.17, 15) is 9.18 Å². The van der Waals surface area contributed by atoms with Crippen LogP contribution in [0.1, 0.15) is 31.9 Å². The number of rotatable bonds is 3. The fraction of sp³-hybridized carbons (Fsp3) is 0.375. The number of amides is 1. The lowest BCUT2D eigenvalue weighted by Gasteiger charge is -2.26. The van der Waals surface area contributed by atoms with Crippen LogP contribution in [-0.2, 0) is 11.3 Å². The lowest BCUT2D eigenvalue weighted by Crippen LogP contribution is -2.37. The largest absolute Gasteiger partial charge is 0.443 e. The highest BCUT2D eigenvalue weighted by Crippen LogP contribution is 2.17. The van der Waals surface area contributed by atoms with E-state index in [2.05, 4.69) is 15.0 Å². The van der Waals surface area contributed by atoms with E-state index in [1.54, 1.807) is 33.2 Å². The summed E-state index contributed by atoms with van der Waals surface area (Å²) in [7, 11) is 0.